The van der Waals surface area contributed by atoms with Gasteiger partial charge in [0.1, 0.15) is 11.8 Å². The largest absolute Gasteiger partial charge is 0.496 e. The van der Waals surface area contributed by atoms with Crippen molar-refractivity contribution in [3.8, 4) is 11.8 Å². The minimum atomic E-state index is -0.185. The molecule has 0 radical (unpaired) electrons. The second-order valence-corrected chi connectivity index (χ2v) is 3.93. The lowest BCUT2D eigenvalue weighted by atomic mass is 10.00. The van der Waals surface area contributed by atoms with E-state index in [9.17, 15) is 4.79 Å². The Morgan fingerprint density at radius 3 is 2.59 bits per heavy atom. The van der Waals surface area contributed by atoms with E-state index >= 15 is 0 Å². The number of rotatable bonds is 4. The number of ketones is 1. The maximum Gasteiger partial charge on any atom is 0.175 e. The first-order valence-electron chi connectivity index (χ1n) is 5.39. The highest BCUT2D eigenvalue weighted by Gasteiger charge is 2.13. The molecule has 3 nitrogen and oxygen atoms in total. The van der Waals surface area contributed by atoms with E-state index < -0.39 is 0 Å². The minimum Gasteiger partial charge on any atom is -0.496 e. The molecular formula is C14H15NO2. The molecule has 0 saturated carbocycles. The third kappa shape index (κ3) is 3.18. The van der Waals surface area contributed by atoms with Crippen molar-refractivity contribution >= 4 is 11.9 Å². The fraction of sp³-hybridized carbons (Fsp3) is 0.286. The van der Waals surface area contributed by atoms with Crippen LogP contribution in [0.3, 0.4) is 0 Å². The van der Waals surface area contributed by atoms with Gasteiger partial charge in [-0.2, -0.15) is 5.26 Å². The zero-order valence-electron chi connectivity index (χ0n) is 10.2. The van der Waals surface area contributed by atoms with Gasteiger partial charge in [0.25, 0.3) is 0 Å². The third-order valence-electron chi connectivity index (χ3n) is 2.35. The molecule has 1 aromatic rings. The van der Waals surface area contributed by atoms with E-state index in [0.29, 0.717) is 5.75 Å². The smallest absolute Gasteiger partial charge is 0.175 e. The summed E-state index contributed by atoms with van der Waals surface area (Å²) in [5, 5.41) is 8.99. The molecule has 0 saturated heterocycles. The molecule has 17 heavy (non-hydrogen) atoms. The fourth-order valence-corrected chi connectivity index (χ4v) is 1.41. The van der Waals surface area contributed by atoms with Gasteiger partial charge < -0.3 is 4.74 Å². The third-order valence-corrected chi connectivity index (χ3v) is 2.35. The lowest BCUT2D eigenvalue weighted by Crippen LogP contribution is -2.08. The maximum absolute atomic E-state index is 11.7. The van der Waals surface area contributed by atoms with E-state index in [4.69, 9.17) is 10.00 Å². The van der Waals surface area contributed by atoms with Crippen LogP contribution in [0, 0.1) is 17.2 Å². The van der Waals surface area contributed by atoms with E-state index in [1.807, 2.05) is 24.3 Å². The highest BCUT2D eigenvalue weighted by atomic mass is 16.5. The number of carbonyl (C=O) groups is 1. The van der Waals surface area contributed by atoms with Gasteiger partial charge in [0, 0.05) is 11.5 Å². The van der Waals surface area contributed by atoms with E-state index in [0.717, 1.165) is 5.56 Å². The molecule has 0 spiro atoms. The number of methoxy groups -OCH3 is 1. The standard InChI is InChI=1S/C14H15NO2/c1-10(2)14(16)12(9-15)8-11-6-4-5-7-13(11)17-3/h4-8,10H,1-3H3/b12-8-. The van der Waals surface area contributed by atoms with Crippen LogP contribution in [0.25, 0.3) is 6.08 Å². The van der Waals surface area contributed by atoms with Crippen LogP contribution in [0.15, 0.2) is 29.8 Å². The van der Waals surface area contributed by atoms with Crippen LogP contribution < -0.4 is 4.74 Å². The van der Waals surface area contributed by atoms with Crippen LogP contribution in [-0.4, -0.2) is 12.9 Å². The lowest BCUT2D eigenvalue weighted by molar-refractivity contribution is -0.117. The predicted molar refractivity (Wildman–Crippen MR) is 66.4 cm³/mol. The summed E-state index contributed by atoms with van der Waals surface area (Å²) in [5.41, 5.74) is 0.894. The molecule has 0 N–H and O–H groups in total. The zero-order chi connectivity index (χ0) is 12.8. The Morgan fingerprint density at radius 1 is 1.41 bits per heavy atom. The molecule has 1 rings (SSSR count). The number of hydrogen-bond acceptors (Lipinski definition) is 3. The van der Waals surface area contributed by atoms with E-state index in [-0.39, 0.29) is 17.3 Å². The second-order valence-electron chi connectivity index (χ2n) is 3.93. The molecule has 0 aliphatic heterocycles. The monoisotopic (exact) mass is 229 g/mol. The summed E-state index contributed by atoms with van der Waals surface area (Å²) in [5.74, 6) is 0.311. The highest BCUT2D eigenvalue weighted by molar-refractivity contribution is 6.04. The first-order valence-corrected chi connectivity index (χ1v) is 5.39. The van der Waals surface area contributed by atoms with E-state index in [1.54, 1.807) is 33.1 Å². The van der Waals surface area contributed by atoms with Gasteiger partial charge in [-0.25, -0.2) is 0 Å². The predicted octanol–water partition coefficient (Wildman–Crippen LogP) is 2.83. The van der Waals surface area contributed by atoms with Crippen LogP contribution in [0.4, 0.5) is 0 Å². The topological polar surface area (TPSA) is 50.1 Å². The molecule has 3 heteroatoms. The Bertz CT molecular complexity index is 481. The highest BCUT2D eigenvalue weighted by Crippen LogP contribution is 2.21. The molecule has 0 aliphatic rings. The molecule has 0 atom stereocenters. The molecule has 0 aromatic heterocycles. The van der Waals surface area contributed by atoms with Crippen molar-refractivity contribution in [2.24, 2.45) is 5.92 Å². The number of hydrogen-bond donors (Lipinski definition) is 0. The maximum atomic E-state index is 11.7. The molecule has 0 heterocycles. The van der Waals surface area contributed by atoms with Gasteiger partial charge in [-0.05, 0) is 12.1 Å². The van der Waals surface area contributed by atoms with E-state index in [2.05, 4.69) is 0 Å². The Hall–Kier alpha value is -2.08. The van der Waals surface area contributed by atoms with Crippen molar-refractivity contribution in [1.29, 1.82) is 5.26 Å². The van der Waals surface area contributed by atoms with Crippen LogP contribution >= 0.6 is 0 Å². The van der Waals surface area contributed by atoms with Crippen LogP contribution in [0.2, 0.25) is 0 Å². The van der Waals surface area contributed by atoms with Crippen molar-refractivity contribution < 1.29 is 9.53 Å². The van der Waals surface area contributed by atoms with Gasteiger partial charge in [0.05, 0.1) is 12.7 Å². The van der Waals surface area contributed by atoms with E-state index in [1.165, 1.54) is 0 Å². The summed E-state index contributed by atoms with van der Waals surface area (Å²) in [6, 6.07) is 9.22. The summed E-state index contributed by atoms with van der Waals surface area (Å²) < 4.78 is 5.17. The number of nitrogens with zero attached hydrogens (tertiary/aromatic N) is 1. The number of nitriles is 1. The first kappa shape index (κ1) is 13.0. The number of benzene rings is 1. The Kier molecular flexibility index (Phi) is 4.47. The van der Waals surface area contributed by atoms with Crippen molar-refractivity contribution in [3.63, 3.8) is 0 Å². The average molecular weight is 229 g/mol. The number of para-hydroxylation sites is 1. The summed E-state index contributed by atoms with van der Waals surface area (Å²) in [6.07, 6.45) is 1.57. The number of carbonyl (C=O) groups excluding carboxylic acids is 1. The van der Waals surface area contributed by atoms with Crippen LogP contribution in [0.1, 0.15) is 19.4 Å². The number of allylic oxidation sites excluding steroid dienone is 1. The summed E-state index contributed by atoms with van der Waals surface area (Å²) in [4.78, 5) is 11.7. The van der Waals surface area contributed by atoms with Crippen molar-refractivity contribution in [2.75, 3.05) is 7.11 Å². The first-order chi connectivity index (χ1) is 8.10. The fourth-order valence-electron chi connectivity index (χ4n) is 1.41. The normalized spacial score (nSPS) is 11.1. The van der Waals surface area contributed by atoms with Crippen LogP contribution in [-0.2, 0) is 4.79 Å². The SMILES string of the molecule is COc1ccccc1/C=C(/C#N)C(=O)C(C)C. The number of Topliss-reactive ketones (excluding diaryl/α,β-unsaturated/α-hetero) is 1. The van der Waals surface area contributed by atoms with Crippen LogP contribution in [0.5, 0.6) is 5.75 Å². The molecular weight excluding hydrogens is 214 g/mol. The van der Waals surface area contributed by atoms with Gasteiger partial charge in [0.15, 0.2) is 5.78 Å². The molecule has 0 fully saturated rings. The zero-order valence-corrected chi connectivity index (χ0v) is 10.2. The molecule has 0 aliphatic carbocycles. The van der Waals surface area contributed by atoms with Gasteiger partial charge >= 0.3 is 0 Å². The molecule has 0 unspecified atom stereocenters. The minimum absolute atomic E-state index is 0.154. The number of ether oxygens (including phenoxy) is 1. The summed E-state index contributed by atoms with van der Waals surface area (Å²) in [7, 11) is 1.56. The lowest BCUT2D eigenvalue weighted by Gasteiger charge is -2.05. The van der Waals surface area contributed by atoms with Crippen molar-refractivity contribution in [2.45, 2.75) is 13.8 Å². The van der Waals surface area contributed by atoms with Gasteiger partial charge in [0.2, 0.25) is 0 Å². The van der Waals surface area contributed by atoms with Crippen molar-refractivity contribution in [3.05, 3.63) is 35.4 Å². The average Bonchev–Trinajstić information content (AvgIpc) is 2.35. The molecule has 0 bridgehead atoms. The quantitative estimate of drug-likeness (QED) is 0.589. The Labute approximate surface area is 101 Å². The van der Waals surface area contributed by atoms with Gasteiger partial charge in [-0.3, -0.25) is 4.79 Å². The Morgan fingerprint density at radius 2 is 2.06 bits per heavy atom. The van der Waals surface area contributed by atoms with Crippen molar-refractivity contribution in [1.82, 2.24) is 0 Å². The molecule has 0 amide bonds. The van der Waals surface area contributed by atoms with Gasteiger partial charge in [-0.15, -0.1) is 0 Å². The summed E-state index contributed by atoms with van der Waals surface area (Å²) in [6.45, 7) is 3.55. The summed E-state index contributed by atoms with van der Waals surface area (Å²) >= 11 is 0. The molecule has 1 aromatic carbocycles. The second kappa shape index (κ2) is 5.86. The van der Waals surface area contributed by atoms with Gasteiger partial charge in [-0.1, -0.05) is 32.0 Å². The Balaban J connectivity index is 3.16. The molecule has 88 valence electrons.